The fourth-order valence-corrected chi connectivity index (χ4v) is 2.48. The van der Waals surface area contributed by atoms with Crippen LogP contribution in [0.2, 0.25) is 0 Å². The Hall–Kier alpha value is -2.49. The van der Waals surface area contributed by atoms with Gasteiger partial charge in [0, 0.05) is 5.56 Å². The lowest BCUT2D eigenvalue weighted by molar-refractivity contribution is -0.127. The predicted octanol–water partition coefficient (Wildman–Crippen LogP) is 3.96. The molecule has 0 aliphatic carbocycles. The van der Waals surface area contributed by atoms with E-state index in [1.54, 1.807) is 14.0 Å². The number of carbonyl (C=O) groups excluding carboxylic acids is 1. The second-order valence-corrected chi connectivity index (χ2v) is 5.98. The molecule has 0 saturated carbocycles. The van der Waals surface area contributed by atoms with Gasteiger partial charge < -0.3 is 14.8 Å². The quantitative estimate of drug-likeness (QED) is 0.874. The molecule has 2 aromatic carbocycles. The highest BCUT2D eigenvalue weighted by Gasteiger charge is 2.19. The van der Waals surface area contributed by atoms with Gasteiger partial charge in [-0.3, -0.25) is 4.79 Å². The summed E-state index contributed by atoms with van der Waals surface area (Å²) in [4.78, 5) is 12.4. The van der Waals surface area contributed by atoms with Crippen molar-refractivity contribution in [2.45, 2.75) is 39.8 Å². The fourth-order valence-electron chi connectivity index (χ4n) is 2.48. The third-order valence-electron chi connectivity index (χ3n) is 4.12. The maximum atomic E-state index is 12.4. The molecule has 24 heavy (non-hydrogen) atoms. The van der Waals surface area contributed by atoms with Crippen molar-refractivity contribution in [1.82, 2.24) is 5.32 Å². The normalized spacial score (nSPS) is 13.0. The summed E-state index contributed by atoms with van der Waals surface area (Å²) in [6, 6.07) is 13.3. The molecule has 4 heteroatoms. The average molecular weight is 327 g/mol. The van der Waals surface area contributed by atoms with Crippen LogP contribution in [0, 0.1) is 13.8 Å². The molecule has 0 fully saturated rings. The number of hydrogen-bond donors (Lipinski definition) is 1. The lowest BCUT2D eigenvalue weighted by atomic mass is 10.1. The molecule has 0 saturated heterocycles. The molecule has 128 valence electrons. The van der Waals surface area contributed by atoms with Gasteiger partial charge in [-0.2, -0.15) is 0 Å². The lowest BCUT2D eigenvalue weighted by Gasteiger charge is -2.20. The molecule has 2 aromatic rings. The van der Waals surface area contributed by atoms with E-state index in [0.29, 0.717) is 5.75 Å². The van der Waals surface area contributed by atoms with Crippen LogP contribution in [0.4, 0.5) is 0 Å². The third kappa shape index (κ3) is 4.28. The molecule has 2 unspecified atom stereocenters. The maximum Gasteiger partial charge on any atom is 0.261 e. The number of aryl methyl sites for hydroxylation is 2. The molecule has 2 atom stereocenters. The first kappa shape index (κ1) is 17.9. The number of benzene rings is 2. The van der Waals surface area contributed by atoms with Gasteiger partial charge in [0.25, 0.3) is 5.91 Å². The van der Waals surface area contributed by atoms with E-state index in [4.69, 9.17) is 9.47 Å². The number of nitrogens with one attached hydrogen (secondary N) is 1. The molecule has 0 spiro atoms. The Morgan fingerprint density at radius 2 is 1.75 bits per heavy atom. The Balaban J connectivity index is 2.01. The molecule has 0 radical (unpaired) electrons. The molecule has 0 heterocycles. The minimum absolute atomic E-state index is 0.161. The van der Waals surface area contributed by atoms with Gasteiger partial charge in [0.2, 0.25) is 0 Å². The van der Waals surface area contributed by atoms with E-state index in [2.05, 4.69) is 5.32 Å². The topological polar surface area (TPSA) is 47.6 Å². The first-order chi connectivity index (χ1) is 11.4. The second kappa shape index (κ2) is 7.86. The Labute approximate surface area is 143 Å². The Bertz CT molecular complexity index is 712. The van der Waals surface area contributed by atoms with Crippen molar-refractivity contribution in [3.8, 4) is 11.5 Å². The van der Waals surface area contributed by atoms with Crippen LogP contribution in [0.5, 0.6) is 11.5 Å². The highest BCUT2D eigenvalue weighted by Crippen LogP contribution is 2.24. The van der Waals surface area contributed by atoms with Crippen LogP contribution in [-0.2, 0) is 4.79 Å². The predicted molar refractivity (Wildman–Crippen MR) is 95.6 cm³/mol. The fraction of sp³-hybridized carbons (Fsp3) is 0.350. The van der Waals surface area contributed by atoms with Crippen molar-refractivity contribution in [3.05, 3.63) is 59.2 Å². The molecule has 2 rings (SSSR count). The number of methoxy groups -OCH3 is 1. The summed E-state index contributed by atoms with van der Waals surface area (Å²) >= 11 is 0. The van der Waals surface area contributed by atoms with Gasteiger partial charge in [-0.25, -0.2) is 0 Å². The van der Waals surface area contributed by atoms with Crippen molar-refractivity contribution in [1.29, 1.82) is 0 Å². The van der Waals surface area contributed by atoms with Gasteiger partial charge in [0.1, 0.15) is 11.5 Å². The average Bonchev–Trinajstić information content (AvgIpc) is 2.57. The SMILES string of the molecule is COc1ccccc1C(C)NC(=O)C(C)Oc1ccc(C)c(C)c1. The summed E-state index contributed by atoms with van der Waals surface area (Å²) in [7, 11) is 1.62. The lowest BCUT2D eigenvalue weighted by Crippen LogP contribution is -2.37. The van der Waals surface area contributed by atoms with Gasteiger partial charge in [-0.15, -0.1) is 0 Å². The highest BCUT2D eigenvalue weighted by molar-refractivity contribution is 5.81. The van der Waals surface area contributed by atoms with Crippen LogP contribution in [0.1, 0.15) is 36.6 Å². The number of ether oxygens (including phenoxy) is 2. The Kier molecular flexibility index (Phi) is 5.85. The molecule has 4 nitrogen and oxygen atoms in total. The zero-order valence-corrected chi connectivity index (χ0v) is 14.9. The monoisotopic (exact) mass is 327 g/mol. The van der Waals surface area contributed by atoms with E-state index in [1.807, 2.05) is 63.2 Å². The maximum absolute atomic E-state index is 12.4. The zero-order valence-electron chi connectivity index (χ0n) is 14.9. The van der Waals surface area contributed by atoms with Crippen LogP contribution in [0.25, 0.3) is 0 Å². The summed E-state index contributed by atoms with van der Waals surface area (Å²) in [5, 5.41) is 2.97. The zero-order chi connectivity index (χ0) is 17.7. The first-order valence-electron chi connectivity index (χ1n) is 8.09. The Morgan fingerprint density at radius 1 is 1.04 bits per heavy atom. The minimum Gasteiger partial charge on any atom is -0.496 e. The highest BCUT2D eigenvalue weighted by atomic mass is 16.5. The van der Waals surface area contributed by atoms with E-state index in [1.165, 1.54) is 5.56 Å². The smallest absolute Gasteiger partial charge is 0.261 e. The van der Waals surface area contributed by atoms with Gasteiger partial charge in [-0.05, 0) is 57.0 Å². The van der Waals surface area contributed by atoms with Crippen molar-refractivity contribution in [2.75, 3.05) is 7.11 Å². The number of carbonyl (C=O) groups is 1. The Morgan fingerprint density at radius 3 is 2.42 bits per heavy atom. The van der Waals surface area contributed by atoms with E-state index in [0.717, 1.165) is 16.9 Å². The molecular formula is C20H25NO3. The molecule has 0 aliphatic heterocycles. The molecule has 1 N–H and O–H groups in total. The van der Waals surface area contributed by atoms with E-state index in [9.17, 15) is 4.79 Å². The van der Waals surface area contributed by atoms with E-state index in [-0.39, 0.29) is 11.9 Å². The number of rotatable bonds is 6. The standard InChI is InChI=1S/C20H25NO3/c1-13-10-11-17(12-14(13)2)24-16(4)20(22)21-15(3)18-8-6-7-9-19(18)23-5/h6-12,15-16H,1-5H3,(H,21,22). The van der Waals surface area contributed by atoms with E-state index < -0.39 is 6.10 Å². The number of hydrogen-bond acceptors (Lipinski definition) is 3. The molecule has 0 bridgehead atoms. The van der Waals surface area contributed by atoms with Gasteiger partial charge in [0.15, 0.2) is 6.10 Å². The summed E-state index contributed by atoms with van der Waals surface area (Å²) < 4.78 is 11.1. The second-order valence-electron chi connectivity index (χ2n) is 5.98. The number of para-hydroxylation sites is 1. The van der Waals surface area contributed by atoms with Crippen LogP contribution in [0.15, 0.2) is 42.5 Å². The van der Waals surface area contributed by atoms with E-state index >= 15 is 0 Å². The molecule has 0 aliphatic rings. The third-order valence-corrected chi connectivity index (χ3v) is 4.12. The van der Waals surface area contributed by atoms with Crippen molar-refractivity contribution < 1.29 is 14.3 Å². The summed E-state index contributed by atoms with van der Waals surface area (Å²) in [6.45, 7) is 7.75. The van der Waals surface area contributed by atoms with Crippen LogP contribution >= 0.6 is 0 Å². The van der Waals surface area contributed by atoms with Crippen molar-refractivity contribution in [3.63, 3.8) is 0 Å². The van der Waals surface area contributed by atoms with Crippen molar-refractivity contribution in [2.24, 2.45) is 0 Å². The van der Waals surface area contributed by atoms with Crippen molar-refractivity contribution >= 4 is 5.91 Å². The largest absolute Gasteiger partial charge is 0.496 e. The summed E-state index contributed by atoms with van der Waals surface area (Å²) in [5.74, 6) is 1.30. The minimum atomic E-state index is -0.579. The van der Waals surface area contributed by atoms with Crippen LogP contribution < -0.4 is 14.8 Å². The van der Waals surface area contributed by atoms with Crippen LogP contribution in [-0.4, -0.2) is 19.1 Å². The molecular weight excluding hydrogens is 302 g/mol. The molecule has 0 aromatic heterocycles. The number of amides is 1. The first-order valence-corrected chi connectivity index (χ1v) is 8.09. The van der Waals surface area contributed by atoms with Gasteiger partial charge in [-0.1, -0.05) is 24.3 Å². The van der Waals surface area contributed by atoms with Gasteiger partial charge >= 0.3 is 0 Å². The van der Waals surface area contributed by atoms with Crippen LogP contribution in [0.3, 0.4) is 0 Å². The van der Waals surface area contributed by atoms with Gasteiger partial charge in [0.05, 0.1) is 13.2 Å². The molecule has 1 amide bonds. The summed E-state index contributed by atoms with van der Waals surface area (Å²) in [5.41, 5.74) is 3.28. The summed E-state index contributed by atoms with van der Waals surface area (Å²) in [6.07, 6.45) is -0.579.